The van der Waals surface area contributed by atoms with Gasteiger partial charge in [0.2, 0.25) is 0 Å². The molecule has 0 saturated carbocycles. The molecular formula is C22H21Cl2N3O3S. The molecule has 3 aromatic rings. The number of amides is 1. The second-order valence-corrected chi connectivity index (χ2v) is 9.70. The maximum atomic E-state index is 13.4. The Morgan fingerprint density at radius 1 is 1.06 bits per heavy atom. The van der Waals surface area contributed by atoms with Gasteiger partial charge in [-0.25, -0.2) is 13.4 Å². The summed E-state index contributed by atoms with van der Waals surface area (Å²) >= 11 is 12.1. The van der Waals surface area contributed by atoms with Crippen molar-refractivity contribution in [3.63, 3.8) is 0 Å². The topological polar surface area (TPSA) is 79.4 Å². The van der Waals surface area contributed by atoms with E-state index in [4.69, 9.17) is 23.2 Å². The molecule has 6 nitrogen and oxygen atoms in total. The van der Waals surface area contributed by atoms with Gasteiger partial charge in [-0.15, -0.1) is 0 Å². The first-order chi connectivity index (χ1) is 14.6. The largest absolute Gasteiger partial charge is 0.304 e. The summed E-state index contributed by atoms with van der Waals surface area (Å²) < 4.78 is 28.4. The number of nitrogens with zero attached hydrogens (tertiary/aromatic N) is 2. The highest BCUT2D eigenvalue weighted by molar-refractivity contribution is 7.92. The van der Waals surface area contributed by atoms with E-state index in [2.05, 4.69) is 9.71 Å². The Morgan fingerprint density at radius 3 is 2.35 bits per heavy atom. The molecule has 0 aliphatic carbocycles. The number of hydrogen-bond donors (Lipinski definition) is 1. The average Bonchev–Trinajstić information content (AvgIpc) is 2.70. The molecule has 2 aromatic carbocycles. The number of rotatable bonds is 6. The molecule has 0 unspecified atom stereocenters. The molecule has 1 N–H and O–H groups in total. The van der Waals surface area contributed by atoms with Crippen molar-refractivity contribution in [3.05, 3.63) is 82.1 Å². The van der Waals surface area contributed by atoms with E-state index in [0.29, 0.717) is 16.3 Å². The number of aryl methyl sites for hydroxylation is 1. The lowest BCUT2D eigenvalue weighted by Gasteiger charge is -2.27. The van der Waals surface area contributed by atoms with Gasteiger partial charge < -0.3 is 4.90 Å². The number of nitrogens with one attached hydrogen (secondary N) is 1. The molecule has 1 heterocycles. The predicted octanol–water partition coefficient (Wildman–Crippen LogP) is 5.55. The standard InChI is InChI=1S/C22H21Cl2N3O3S/c1-14(2)27(17-7-5-4-6-8-17)22(28)21-20(12-16(23)13-25-21)26-31(29,30)18-9-10-19(24)15(3)11-18/h4-14,26H,1-3H3. The summed E-state index contributed by atoms with van der Waals surface area (Å²) in [5.41, 5.74) is 1.21. The predicted molar refractivity (Wildman–Crippen MR) is 125 cm³/mol. The molecule has 0 aliphatic heterocycles. The Bertz CT molecular complexity index is 1220. The molecular weight excluding hydrogens is 457 g/mol. The highest BCUT2D eigenvalue weighted by Crippen LogP contribution is 2.27. The molecule has 0 radical (unpaired) electrons. The third-order valence-electron chi connectivity index (χ3n) is 4.51. The fourth-order valence-corrected chi connectivity index (χ4v) is 4.45. The van der Waals surface area contributed by atoms with E-state index in [1.54, 1.807) is 24.0 Å². The smallest absolute Gasteiger partial charge is 0.279 e. The van der Waals surface area contributed by atoms with E-state index in [1.807, 2.05) is 32.0 Å². The van der Waals surface area contributed by atoms with Crippen LogP contribution < -0.4 is 9.62 Å². The molecule has 31 heavy (non-hydrogen) atoms. The van der Waals surface area contributed by atoms with Crippen molar-refractivity contribution >= 4 is 50.5 Å². The molecule has 0 atom stereocenters. The number of carbonyl (C=O) groups excluding carboxylic acids is 1. The Labute approximate surface area is 191 Å². The minimum atomic E-state index is -4.01. The van der Waals surface area contributed by atoms with Crippen LogP contribution in [0.15, 0.2) is 65.7 Å². The number of anilines is 2. The summed E-state index contributed by atoms with van der Waals surface area (Å²) in [7, 11) is -4.01. The summed E-state index contributed by atoms with van der Waals surface area (Å²) in [5, 5.41) is 0.645. The van der Waals surface area contributed by atoms with Crippen molar-refractivity contribution in [2.75, 3.05) is 9.62 Å². The maximum absolute atomic E-state index is 13.4. The first-order valence-corrected chi connectivity index (χ1v) is 11.7. The molecule has 3 rings (SSSR count). The average molecular weight is 478 g/mol. The van der Waals surface area contributed by atoms with Crippen LogP contribution in [-0.4, -0.2) is 25.4 Å². The van der Waals surface area contributed by atoms with Crippen LogP contribution in [0, 0.1) is 6.92 Å². The summed E-state index contributed by atoms with van der Waals surface area (Å²) in [6.45, 7) is 5.43. The van der Waals surface area contributed by atoms with Crippen molar-refractivity contribution in [2.24, 2.45) is 0 Å². The Balaban J connectivity index is 2.04. The molecule has 9 heteroatoms. The molecule has 1 amide bonds. The number of hydrogen-bond acceptors (Lipinski definition) is 4. The van der Waals surface area contributed by atoms with E-state index in [-0.39, 0.29) is 27.3 Å². The summed E-state index contributed by atoms with van der Waals surface area (Å²) in [6, 6.07) is 14.6. The van der Waals surface area contributed by atoms with Gasteiger partial charge in [0.15, 0.2) is 5.69 Å². The molecule has 162 valence electrons. The number of para-hydroxylation sites is 1. The van der Waals surface area contributed by atoms with E-state index in [9.17, 15) is 13.2 Å². The Morgan fingerprint density at radius 2 is 1.74 bits per heavy atom. The fraction of sp³-hybridized carbons (Fsp3) is 0.182. The van der Waals surface area contributed by atoms with Crippen LogP contribution in [0.3, 0.4) is 0 Å². The number of sulfonamides is 1. The zero-order valence-electron chi connectivity index (χ0n) is 17.1. The van der Waals surface area contributed by atoms with Gasteiger partial charge in [0, 0.05) is 22.9 Å². The second kappa shape index (κ2) is 9.26. The highest BCUT2D eigenvalue weighted by Gasteiger charge is 2.27. The lowest BCUT2D eigenvalue weighted by Crippen LogP contribution is -2.38. The van der Waals surface area contributed by atoms with Crippen LogP contribution >= 0.6 is 23.2 Å². The van der Waals surface area contributed by atoms with Crippen molar-refractivity contribution in [3.8, 4) is 0 Å². The zero-order valence-corrected chi connectivity index (χ0v) is 19.5. The van der Waals surface area contributed by atoms with E-state index < -0.39 is 15.9 Å². The van der Waals surface area contributed by atoms with Crippen LogP contribution in [0.25, 0.3) is 0 Å². The van der Waals surface area contributed by atoms with Gasteiger partial charge in [0.05, 0.1) is 15.6 Å². The molecule has 0 spiro atoms. The number of halogens is 2. The highest BCUT2D eigenvalue weighted by atomic mass is 35.5. The van der Waals surface area contributed by atoms with Crippen molar-refractivity contribution in [1.29, 1.82) is 0 Å². The minimum Gasteiger partial charge on any atom is -0.304 e. The van der Waals surface area contributed by atoms with Crippen LogP contribution in [0.2, 0.25) is 10.0 Å². The normalized spacial score (nSPS) is 11.4. The van der Waals surface area contributed by atoms with Crippen molar-refractivity contribution < 1.29 is 13.2 Å². The number of benzene rings is 2. The van der Waals surface area contributed by atoms with Crippen LogP contribution in [0.1, 0.15) is 29.9 Å². The van der Waals surface area contributed by atoms with Gasteiger partial charge in [0.1, 0.15) is 0 Å². The number of pyridine rings is 1. The van der Waals surface area contributed by atoms with Gasteiger partial charge in [-0.1, -0.05) is 41.4 Å². The maximum Gasteiger partial charge on any atom is 0.279 e. The van der Waals surface area contributed by atoms with E-state index in [1.165, 1.54) is 30.5 Å². The van der Waals surface area contributed by atoms with E-state index >= 15 is 0 Å². The Kier molecular flexibility index (Phi) is 6.89. The molecule has 0 saturated heterocycles. The van der Waals surface area contributed by atoms with Crippen LogP contribution in [-0.2, 0) is 10.0 Å². The summed E-state index contributed by atoms with van der Waals surface area (Å²) in [5.74, 6) is -0.456. The number of carbonyl (C=O) groups is 1. The van der Waals surface area contributed by atoms with Crippen LogP contribution in [0.5, 0.6) is 0 Å². The summed E-state index contributed by atoms with van der Waals surface area (Å²) in [4.78, 5) is 19.1. The van der Waals surface area contributed by atoms with Gasteiger partial charge in [0.25, 0.3) is 15.9 Å². The fourth-order valence-electron chi connectivity index (χ4n) is 3.03. The second-order valence-electron chi connectivity index (χ2n) is 7.17. The molecule has 0 bridgehead atoms. The monoisotopic (exact) mass is 477 g/mol. The minimum absolute atomic E-state index is 0.00770. The molecule has 0 fully saturated rings. The third-order valence-corrected chi connectivity index (χ3v) is 6.50. The van der Waals surface area contributed by atoms with Crippen LogP contribution in [0.4, 0.5) is 11.4 Å². The van der Waals surface area contributed by atoms with E-state index in [0.717, 1.165) is 0 Å². The lowest BCUT2D eigenvalue weighted by molar-refractivity contribution is 0.0976. The first-order valence-electron chi connectivity index (χ1n) is 9.43. The van der Waals surface area contributed by atoms with Gasteiger partial charge >= 0.3 is 0 Å². The lowest BCUT2D eigenvalue weighted by atomic mass is 10.2. The Hall–Kier alpha value is -2.61. The molecule has 0 aliphatic rings. The number of aromatic nitrogens is 1. The molecule has 1 aromatic heterocycles. The quantitative estimate of drug-likeness (QED) is 0.504. The van der Waals surface area contributed by atoms with Gasteiger partial charge in [-0.05, 0) is 62.7 Å². The SMILES string of the molecule is Cc1cc(S(=O)(=O)Nc2cc(Cl)cnc2C(=O)N(c2ccccc2)C(C)C)ccc1Cl. The summed E-state index contributed by atoms with van der Waals surface area (Å²) in [6.07, 6.45) is 1.31. The van der Waals surface area contributed by atoms with Gasteiger partial charge in [-0.3, -0.25) is 9.52 Å². The van der Waals surface area contributed by atoms with Crippen molar-refractivity contribution in [2.45, 2.75) is 31.7 Å². The third kappa shape index (κ3) is 5.18. The zero-order chi connectivity index (χ0) is 22.8. The van der Waals surface area contributed by atoms with Crippen molar-refractivity contribution in [1.82, 2.24) is 4.98 Å². The first kappa shape index (κ1) is 23.1. The van der Waals surface area contributed by atoms with Gasteiger partial charge in [-0.2, -0.15) is 0 Å².